The Bertz CT molecular complexity index is 1160. The lowest BCUT2D eigenvalue weighted by atomic mass is 9.82. The smallest absolute Gasteiger partial charge is 0.251 e. The maximum Gasteiger partial charge on any atom is 0.251 e. The number of nitrogens with zero attached hydrogens (tertiary/aromatic N) is 7. The number of rotatable bonds is 3. The Kier molecular flexibility index (Phi) is 4.38. The third-order valence-corrected chi connectivity index (χ3v) is 5.96. The molecule has 9 nitrogen and oxygen atoms in total. The van der Waals surface area contributed by atoms with E-state index in [2.05, 4.69) is 30.9 Å². The number of anilines is 3. The highest BCUT2D eigenvalue weighted by Gasteiger charge is 2.35. The van der Waals surface area contributed by atoms with Crippen molar-refractivity contribution in [3.05, 3.63) is 53.0 Å². The molecular weight excluding hydrogens is 380 g/mol. The average Bonchev–Trinajstić information content (AvgIpc) is 2.74. The molecule has 5 heterocycles. The molecule has 1 saturated heterocycles. The molecule has 0 aliphatic carbocycles. The number of aromatic nitrogens is 5. The van der Waals surface area contributed by atoms with Crippen LogP contribution in [0.5, 0.6) is 0 Å². The van der Waals surface area contributed by atoms with Gasteiger partial charge in [0, 0.05) is 69.1 Å². The van der Waals surface area contributed by atoms with Gasteiger partial charge >= 0.3 is 0 Å². The number of piperidine rings is 1. The predicted molar refractivity (Wildman–Crippen MR) is 116 cm³/mol. The summed E-state index contributed by atoms with van der Waals surface area (Å²) in [5.41, 5.74) is 8.33. The van der Waals surface area contributed by atoms with Crippen LogP contribution in [0, 0.1) is 5.92 Å². The van der Waals surface area contributed by atoms with E-state index in [9.17, 15) is 4.79 Å². The molecule has 3 aromatic heterocycles. The summed E-state index contributed by atoms with van der Waals surface area (Å²) < 4.78 is 1.93. The first-order valence-corrected chi connectivity index (χ1v) is 10.0. The second-order valence-electron chi connectivity index (χ2n) is 8.28. The highest BCUT2D eigenvalue weighted by molar-refractivity contribution is 5.62. The minimum absolute atomic E-state index is 0.0137. The Labute approximate surface area is 174 Å². The third-order valence-electron chi connectivity index (χ3n) is 5.96. The average molecular weight is 404 g/mol. The molecule has 2 aliphatic rings. The van der Waals surface area contributed by atoms with Crippen molar-refractivity contribution in [2.45, 2.75) is 18.9 Å². The van der Waals surface area contributed by atoms with Gasteiger partial charge in [-0.15, -0.1) is 0 Å². The molecule has 1 fully saturated rings. The van der Waals surface area contributed by atoms with Crippen LogP contribution in [0.1, 0.15) is 18.0 Å². The lowest BCUT2D eigenvalue weighted by Gasteiger charge is -2.43. The maximum atomic E-state index is 12.9. The Morgan fingerprint density at radius 1 is 1.00 bits per heavy atom. The van der Waals surface area contributed by atoms with Gasteiger partial charge in [0.05, 0.1) is 5.69 Å². The number of nitrogen functional groups attached to an aromatic ring is 1. The second kappa shape index (κ2) is 7.08. The van der Waals surface area contributed by atoms with E-state index in [1.165, 1.54) is 6.33 Å². The van der Waals surface area contributed by atoms with Crippen molar-refractivity contribution in [1.82, 2.24) is 24.5 Å². The fourth-order valence-electron chi connectivity index (χ4n) is 4.58. The quantitative estimate of drug-likeness (QED) is 0.698. The summed E-state index contributed by atoms with van der Waals surface area (Å²) >= 11 is 0. The molecule has 2 N–H and O–H groups in total. The van der Waals surface area contributed by atoms with Gasteiger partial charge in [0.25, 0.3) is 5.56 Å². The lowest BCUT2D eigenvalue weighted by Crippen LogP contribution is -2.47. The predicted octanol–water partition coefficient (Wildman–Crippen LogP) is 1.37. The zero-order chi connectivity index (χ0) is 20.8. The first-order valence-electron chi connectivity index (χ1n) is 10.0. The molecule has 9 heteroatoms. The molecule has 2 aliphatic heterocycles. The van der Waals surface area contributed by atoms with Crippen molar-refractivity contribution in [2.24, 2.45) is 5.92 Å². The second-order valence-corrected chi connectivity index (χ2v) is 8.28. The first-order chi connectivity index (χ1) is 14.5. The van der Waals surface area contributed by atoms with Crippen LogP contribution in [-0.4, -0.2) is 51.7 Å². The summed E-state index contributed by atoms with van der Waals surface area (Å²) in [5.74, 6) is 2.87. The summed E-state index contributed by atoms with van der Waals surface area (Å²) in [6.07, 6.45) is 4.11. The largest absolute Gasteiger partial charge is 0.384 e. The summed E-state index contributed by atoms with van der Waals surface area (Å²) in [6.45, 7) is 2.42. The molecule has 0 unspecified atom stereocenters. The van der Waals surface area contributed by atoms with Crippen molar-refractivity contribution >= 4 is 17.5 Å². The van der Waals surface area contributed by atoms with Gasteiger partial charge in [0.2, 0.25) is 0 Å². The van der Waals surface area contributed by atoms with Crippen LogP contribution in [0.2, 0.25) is 0 Å². The van der Waals surface area contributed by atoms with Crippen molar-refractivity contribution in [1.29, 1.82) is 0 Å². The molecule has 2 atom stereocenters. The number of pyridine rings is 1. The standard InChI is InChI=1S/C21H24N8O/c1-27(2)19-7-20(26-12-25-19)28-8-13-3-15(10-28)17-4-14(5-21(30)29(17)9-13)16-6-18(22)24-11-23-16/h4-7,11-13,15H,3,8-10H2,1-2H3,(H2,22,23,24)/t13-,15+/m0/s1. The Hall–Kier alpha value is -3.49. The summed E-state index contributed by atoms with van der Waals surface area (Å²) in [5, 5.41) is 0. The van der Waals surface area contributed by atoms with Gasteiger partial charge in [0.15, 0.2) is 0 Å². The molecule has 0 spiro atoms. The number of fused-ring (bicyclic) bond motifs is 4. The Morgan fingerprint density at radius 2 is 1.83 bits per heavy atom. The van der Waals surface area contributed by atoms with Crippen LogP contribution < -0.4 is 21.1 Å². The topological polar surface area (TPSA) is 106 Å². The highest BCUT2D eigenvalue weighted by Crippen LogP contribution is 2.38. The molecule has 0 amide bonds. The van der Waals surface area contributed by atoms with Crippen LogP contribution in [0.3, 0.4) is 0 Å². The van der Waals surface area contributed by atoms with Gasteiger partial charge in [-0.1, -0.05) is 0 Å². The lowest BCUT2D eigenvalue weighted by molar-refractivity contribution is 0.281. The van der Waals surface area contributed by atoms with E-state index in [-0.39, 0.29) is 11.5 Å². The van der Waals surface area contributed by atoms with Crippen molar-refractivity contribution in [3.63, 3.8) is 0 Å². The fourth-order valence-corrected chi connectivity index (χ4v) is 4.58. The van der Waals surface area contributed by atoms with Crippen molar-refractivity contribution < 1.29 is 0 Å². The van der Waals surface area contributed by atoms with Gasteiger partial charge in [-0.05, 0) is 18.4 Å². The zero-order valence-corrected chi connectivity index (χ0v) is 17.1. The SMILES string of the molecule is CN(C)c1cc(N2C[C@@H]3C[C@H](C2)c2cc(-c4cc(N)ncn4)cc(=O)n2C3)ncn1. The normalized spacial score (nSPS) is 20.0. The summed E-state index contributed by atoms with van der Waals surface area (Å²) in [6, 6.07) is 7.46. The van der Waals surface area contributed by atoms with E-state index in [1.807, 2.05) is 29.6 Å². The van der Waals surface area contributed by atoms with Crippen LogP contribution in [0.15, 0.2) is 41.7 Å². The molecule has 5 rings (SSSR count). The van der Waals surface area contributed by atoms with E-state index in [0.29, 0.717) is 17.4 Å². The monoisotopic (exact) mass is 404 g/mol. The highest BCUT2D eigenvalue weighted by atomic mass is 16.1. The van der Waals surface area contributed by atoms with E-state index >= 15 is 0 Å². The molecular formula is C21H24N8O. The molecule has 3 aromatic rings. The van der Waals surface area contributed by atoms with Gasteiger partial charge in [-0.2, -0.15) is 0 Å². The summed E-state index contributed by atoms with van der Waals surface area (Å²) in [7, 11) is 3.95. The minimum Gasteiger partial charge on any atom is -0.384 e. The van der Waals surface area contributed by atoms with Crippen LogP contribution in [-0.2, 0) is 6.54 Å². The van der Waals surface area contributed by atoms with E-state index in [0.717, 1.165) is 48.9 Å². The molecule has 0 radical (unpaired) electrons. The number of hydrogen-bond donors (Lipinski definition) is 1. The fraction of sp³-hybridized carbons (Fsp3) is 0.381. The maximum absolute atomic E-state index is 12.9. The Balaban J connectivity index is 1.51. The molecule has 0 saturated carbocycles. The van der Waals surface area contributed by atoms with Crippen LogP contribution in [0.4, 0.5) is 17.5 Å². The van der Waals surface area contributed by atoms with Crippen molar-refractivity contribution in [3.8, 4) is 11.3 Å². The Morgan fingerprint density at radius 3 is 2.63 bits per heavy atom. The number of nitrogens with two attached hydrogens (primary N) is 1. The molecule has 30 heavy (non-hydrogen) atoms. The first kappa shape index (κ1) is 18.5. The van der Waals surface area contributed by atoms with E-state index < -0.39 is 0 Å². The van der Waals surface area contributed by atoms with Crippen molar-refractivity contribution in [2.75, 3.05) is 42.7 Å². The molecule has 154 valence electrons. The third kappa shape index (κ3) is 3.26. The van der Waals surface area contributed by atoms with Crippen LogP contribution >= 0.6 is 0 Å². The van der Waals surface area contributed by atoms with Gasteiger partial charge < -0.3 is 20.1 Å². The van der Waals surface area contributed by atoms with Gasteiger partial charge in [-0.3, -0.25) is 4.79 Å². The molecule has 0 aromatic carbocycles. The number of hydrogen-bond acceptors (Lipinski definition) is 8. The van der Waals surface area contributed by atoms with E-state index in [4.69, 9.17) is 5.73 Å². The molecule has 2 bridgehead atoms. The van der Waals surface area contributed by atoms with Gasteiger partial charge in [0.1, 0.15) is 30.1 Å². The van der Waals surface area contributed by atoms with Gasteiger partial charge in [-0.25, -0.2) is 19.9 Å². The van der Waals surface area contributed by atoms with Crippen LogP contribution in [0.25, 0.3) is 11.3 Å². The zero-order valence-electron chi connectivity index (χ0n) is 17.1. The summed E-state index contributed by atoms with van der Waals surface area (Å²) in [4.78, 5) is 34.3. The van der Waals surface area contributed by atoms with E-state index in [1.54, 1.807) is 18.5 Å². The minimum atomic E-state index is 0.0137.